The number of aryl methyl sites for hydroxylation is 1. The Bertz CT molecular complexity index is 710. The predicted octanol–water partition coefficient (Wildman–Crippen LogP) is 4.03. The monoisotopic (exact) mass is 379 g/mol. The number of carboxylic acid groups (broad SMARTS) is 1. The van der Waals surface area contributed by atoms with Gasteiger partial charge in [-0.25, -0.2) is 13.1 Å². The second kappa shape index (κ2) is 9.88. The SMILES string of the molecule is Cc1ccc(S(=O)(=O)NC2CCCC(CC=CCCCC(=O)O)C2)cc1. The minimum absolute atomic E-state index is 0.0135. The van der Waals surface area contributed by atoms with Crippen molar-refractivity contribution in [3.8, 4) is 0 Å². The molecule has 6 heteroatoms. The fourth-order valence-corrected chi connectivity index (χ4v) is 4.68. The van der Waals surface area contributed by atoms with Gasteiger partial charge in [0.25, 0.3) is 0 Å². The lowest BCUT2D eigenvalue weighted by molar-refractivity contribution is -0.137. The van der Waals surface area contributed by atoms with E-state index in [0.29, 0.717) is 17.2 Å². The molecule has 0 bridgehead atoms. The van der Waals surface area contributed by atoms with Crippen molar-refractivity contribution >= 4 is 16.0 Å². The molecule has 0 saturated heterocycles. The first-order chi connectivity index (χ1) is 12.4. The van der Waals surface area contributed by atoms with Gasteiger partial charge >= 0.3 is 5.97 Å². The van der Waals surface area contributed by atoms with E-state index in [9.17, 15) is 13.2 Å². The number of hydrogen-bond donors (Lipinski definition) is 2. The third-order valence-corrected chi connectivity index (χ3v) is 6.37. The number of nitrogens with one attached hydrogen (secondary N) is 1. The van der Waals surface area contributed by atoms with Gasteiger partial charge in [0.2, 0.25) is 10.0 Å². The van der Waals surface area contributed by atoms with Gasteiger partial charge in [-0.3, -0.25) is 4.79 Å². The Morgan fingerprint density at radius 2 is 1.96 bits per heavy atom. The van der Waals surface area contributed by atoms with Crippen LogP contribution in [0, 0.1) is 12.8 Å². The maximum absolute atomic E-state index is 12.5. The van der Waals surface area contributed by atoms with Crippen molar-refractivity contribution in [2.45, 2.75) is 69.2 Å². The van der Waals surface area contributed by atoms with Gasteiger partial charge in [-0.15, -0.1) is 0 Å². The summed E-state index contributed by atoms with van der Waals surface area (Å²) < 4.78 is 27.9. The molecule has 0 heterocycles. The first kappa shape index (κ1) is 20.6. The number of unbranched alkanes of at least 4 members (excludes halogenated alkanes) is 1. The molecule has 0 aliphatic heterocycles. The van der Waals surface area contributed by atoms with Crippen LogP contribution < -0.4 is 4.72 Å². The van der Waals surface area contributed by atoms with Crippen LogP contribution in [0.1, 0.15) is 56.9 Å². The Hall–Kier alpha value is -1.66. The van der Waals surface area contributed by atoms with Gasteiger partial charge in [0.05, 0.1) is 4.90 Å². The van der Waals surface area contributed by atoms with E-state index in [0.717, 1.165) is 44.1 Å². The van der Waals surface area contributed by atoms with Gasteiger partial charge < -0.3 is 5.11 Å². The number of carbonyl (C=O) groups is 1. The van der Waals surface area contributed by atoms with Crippen LogP contribution in [-0.2, 0) is 14.8 Å². The van der Waals surface area contributed by atoms with Gasteiger partial charge in [-0.2, -0.15) is 0 Å². The molecule has 1 saturated carbocycles. The summed E-state index contributed by atoms with van der Waals surface area (Å²) in [7, 11) is -3.46. The molecular formula is C20H29NO4S. The fraction of sp³-hybridized carbons (Fsp3) is 0.550. The minimum Gasteiger partial charge on any atom is -0.481 e. The highest BCUT2D eigenvalue weighted by Crippen LogP contribution is 2.28. The molecule has 1 aromatic carbocycles. The van der Waals surface area contributed by atoms with Crippen LogP contribution in [-0.4, -0.2) is 25.5 Å². The smallest absolute Gasteiger partial charge is 0.303 e. The highest BCUT2D eigenvalue weighted by Gasteiger charge is 2.25. The van der Waals surface area contributed by atoms with Crippen molar-refractivity contribution in [2.24, 2.45) is 5.92 Å². The zero-order chi connectivity index (χ0) is 19.0. The zero-order valence-electron chi connectivity index (χ0n) is 15.4. The second-order valence-electron chi connectivity index (χ2n) is 7.16. The normalized spacial score (nSPS) is 21.1. The van der Waals surface area contributed by atoms with Gasteiger partial charge in [0.15, 0.2) is 0 Å². The number of sulfonamides is 1. The topological polar surface area (TPSA) is 83.5 Å². The number of carboxylic acids is 1. The Kier molecular flexibility index (Phi) is 7.85. The molecule has 0 spiro atoms. The van der Waals surface area contributed by atoms with Gasteiger partial charge in [0.1, 0.15) is 0 Å². The number of hydrogen-bond acceptors (Lipinski definition) is 3. The van der Waals surface area contributed by atoms with Crippen LogP contribution in [0.4, 0.5) is 0 Å². The summed E-state index contributed by atoms with van der Waals surface area (Å²) in [5, 5.41) is 8.61. The molecule has 0 amide bonds. The summed E-state index contributed by atoms with van der Waals surface area (Å²) >= 11 is 0. The van der Waals surface area contributed by atoms with E-state index >= 15 is 0 Å². The molecule has 0 radical (unpaired) electrons. The van der Waals surface area contributed by atoms with Gasteiger partial charge in [0, 0.05) is 12.5 Å². The summed E-state index contributed by atoms with van der Waals surface area (Å²) in [5.74, 6) is -0.278. The molecule has 5 nitrogen and oxygen atoms in total. The lowest BCUT2D eigenvalue weighted by atomic mass is 9.84. The average Bonchev–Trinajstić information content (AvgIpc) is 2.58. The fourth-order valence-electron chi connectivity index (χ4n) is 3.39. The van der Waals surface area contributed by atoms with Crippen molar-refractivity contribution in [1.29, 1.82) is 0 Å². The molecule has 2 N–H and O–H groups in total. The standard InChI is InChI=1S/C20H29NO4S/c1-16-11-13-19(14-12-16)26(24,25)21-18-9-6-8-17(15-18)7-4-2-3-5-10-20(22)23/h2,4,11-14,17-18,21H,3,5-10,15H2,1H3,(H,22,23). The van der Waals surface area contributed by atoms with Gasteiger partial charge in [-0.05, 0) is 57.1 Å². The summed E-state index contributed by atoms with van der Waals surface area (Å²) in [6, 6.07) is 6.91. The van der Waals surface area contributed by atoms with E-state index < -0.39 is 16.0 Å². The van der Waals surface area contributed by atoms with Crippen LogP contribution in [0.5, 0.6) is 0 Å². The van der Waals surface area contributed by atoms with Crippen molar-refractivity contribution in [1.82, 2.24) is 4.72 Å². The molecular weight excluding hydrogens is 350 g/mol. The molecule has 1 fully saturated rings. The highest BCUT2D eigenvalue weighted by atomic mass is 32.2. The molecule has 144 valence electrons. The van der Waals surface area contributed by atoms with Crippen LogP contribution >= 0.6 is 0 Å². The van der Waals surface area contributed by atoms with E-state index in [4.69, 9.17) is 5.11 Å². The second-order valence-corrected chi connectivity index (χ2v) is 8.87. The van der Waals surface area contributed by atoms with Crippen molar-refractivity contribution in [2.75, 3.05) is 0 Å². The molecule has 2 unspecified atom stereocenters. The van der Waals surface area contributed by atoms with Crippen molar-refractivity contribution in [3.63, 3.8) is 0 Å². The van der Waals surface area contributed by atoms with Gasteiger partial charge in [-0.1, -0.05) is 42.7 Å². The highest BCUT2D eigenvalue weighted by molar-refractivity contribution is 7.89. The largest absolute Gasteiger partial charge is 0.481 e. The molecule has 26 heavy (non-hydrogen) atoms. The Morgan fingerprint density at radius 3 is 2.65 bits per heavy atom. The third-order valence-electron chi connectivity index (χ3n) is 4.83. The van der Waals surface area contributed by atoms with E-state index in [1.165, 1.54) is 0 Å². The number of aliphatic carboxylic acids is 1. The van der Waals surface area contributed by atoms with E-state index in [1.807, 2.05) is 25.1 Å². The Balaban J connectivity index is 1.81. The molecule has 2 rings (SSSR count). The molecule has 2 atom stereocenters. The Labute approximate surface area is 156 Å². The summed E-state index contributed by atoms with van der Waals surface area (Å²) in [6.07, 6.45) is 10.6. The van der Waals surface area contributed by atoms with Crippen LogP contribution in [0.3, 0.4) is 0 Å². The maximum Gasteiger partial charge on any atom is 0.303 e. The number of rotatable bonds is 9. The number of benzene rings is 1. The lowest BCUT2D eigenvalue weighted by Gasteiger charge is -2.29. The first-order valence-corrected chi connectivity index (χ1v) is 10.8. The van der Waals surface area contributed by atoms with E-state index in [-0.39, 0.29) is 12.5 Å². The average molecular weight is 380 g/mol. The van der Waals surface area contributed by atoms with Crippen LogP contribution in [0.25, 0.3) is 0 Å². The summed E-state index contributed by atoms with van der Waals surface area (Å²) in [4.78, 5) is 10.8. The summed E-state index contributed by atoms with van der Waals surface area (Å²) in [5.41, 5.74) is 1.04. The molecule has 1 aromatic rings. The summed E-state index contributed by atoms with van der Waals surface area (Å²) in [6.45, 7) is 1.94. The maximum atomic E-state index is 12.5. The van der Waals surface area contributed by atoms with Crippen LogP contribution in [0.15, 0.2) is 41.3 Å². The minimum atomic E-state index is -3.46. The predicted molar refractivity (Wildman–Crippen MR) is 102 cm³/mol. The Morgan fingerprint density at radius 1 is 1.23 bits per heavy atom. The third kappa shape index (κ3) is 6.92. The van der Waals surface area contributed by atoms with E-state index in [2.05, 4.69) is 10.8 Å². The van der Waals surface area contributed by atoms with E-state index in [1.54, 1.807) is 12.1 Å². The van der Waals surface area contributed by atoms with Crippen molar-refractivity contribution in [3.05, 3.63) is 42.0 Å². The zero-order valence-corrected chi connectivity index (χ0v) is 16.2. The molecule has 0 aromatic heterocycles. The molecule has 1 aliphatic carbocycles. The number of allylic oxidation sites excluding steroid dienone is 2. The quantitative estimate of drug-likeness (QED) is 0.501. The van der Waals surface area contributed by atoms with Crippen LogP contribution in [0.2, 0.25) is 0 Å². The van der Waals surface area contributed by atoms with Crippen molar-refractivity contribution < 1.29 is 18.3 Å². The first-order valence-electron chi connectivity index (χ1n) is 9.32. The molecule has 1 aliphatic rings. The lowest BCUT2D eigenvalue weighted by Crippen LogP contribution is -2.38.